The van der Waals surface area contributed by atoms with Crippen LogP contribution in [0.2, 0.25) is 0 Å². The molecule has 0 spiro atoms. The van der Waals surface area contributed by atoms with Gasteiger partial charge in [0.25, 0.3) is 0 Å². The monoisotopic (exact) mass is 462 g/mol. The standard InChI is InChI=1S/C18H34N6O4S2/c1-18(2,3)30-12-14(21)13(20)11-29-10-4-6-22-15(26)23(7-5-19)17(28)24(8-9-25)16(22)27/h9,13-14H,4-8,10-12,19-21H2,1-3H3. The molecule has 0 saturated carbocycles. The number of carbonyl (C=O) groups excluding carboxylic acids is 1. The van der Waals surface area contributed by atoms with Gasteiger partial charge in [0.15, 0.2) is 0 Å². The van der Waals surface area contributed by atoms with E-state index in [1.165, 1.54) is 0 Å². The Hall–Kier alpha value is -1.34. The van der Waals surface area contributed by atoms with Crippen molar-refractivity contribution in [3.8, 4) is 0 Å². The van der Waals surface area contributed by atoms with Crippen molar-refractivity contribution < 1.29 is 4.79 Å². The van der Waals surface area contributed by atoms with Gasteiger partial charge in [0.1, 0.15) is 6.29 Å². The molecule has 10 nitrogen and oxygen atoms in total. The molecule has 0 radical (unpaired) electrons. The molecule has 0 amide bonds. The molecule has 2 atom stereocenters. The zero-order valence-electron chi connectivity index (χ0n) is 17.9. The van der Waals surface area contributed by atoms with E-state index in [-0.39, 0.29) is 36.5 Å². The summed E-state index contributed by atoms with van der Waals surface area (Å²) >= 11 is 3.38. The molecular formula is C18H34N6O4S2. The first-order valence-corrected chi connectivity index (χ1v) is 12.0. The average molecular weight is 463 g/mol. The molecular weight excluding hydrogens is 428 g/mol. The van der Waals surface area contributed by atoms with Gasteiger partial charge in [-0.25, -0.2) is 28.1 Å². The van der Waals surface area contributed by atoms with Gasteiger partial charge in [-0.15, -0.1) is 0 Å². The number of aldehydes is 1. The van der Waals surface area contributed by atoms with E-state index in [9.17, 15) is 19.2 Å². The Morgan fingerprint density at radius 3 is 2.00 bits per heavy atom. The second-order valence-electron chi connectivity index (χ2n) is 7.90. The van der Waals surface area contributed by atoms with Crippen LogP contribution in [0.25, 0.3) is 0 Å². The van der Waals surface area contributed by atoms with Crippen LogP contribution in [0.1, 0.15) is 27.2 Å². The number of thioether (sulfide) groups is 2. The fourth-order valence-electron chi connectivity index (χ4n) is 2.56. The molecule has 0 aliphatic heterocycles. The molecule has 0 fully saturated rings. The average Bonchev–Trinajstić information content (AvgIpc) is 2.67. The number of nitrogens with two attached hydrogens (primary N) is 3. The first kappa shape index (κ1) is 26.7. The lowest BCUT2D eigenvalue weighted by Gasteiger charge is -2.24. The van der Waals surface area contributed by atoms with Crippen molar-refractivity contribution in [2.75, 3.05) is 23.8 Å². The van der Waals surface area contributed by atoms with Crippen molar-refractivity contribution in [3.05, 3.63) is 31.5 Å². The largest absolute Gasteiger partial charge is 0.336 e. The number of hydrogen-bond acceptors (Lipinski definition) is 9. The van der Waals surface area contributed by atoms with E-state index < -0.39 is 23.6 Å². The van der Waals surface area contributed by atoms with Gasteiger partial charge in [-0.3, -0.25) is 0 Å². The van der Waals surface area contributed by atoms with E-state index >= 15 is 0 Å². The molecule has 1 aromatic rings. The van der Waals surface area contributed by atoms with Crippen LogP contribution in [0, 0.1) is 0 Å². The quantitative estimate of drug-likeness (QED) is 0.237. The summed E-state index contributed by atoms with van der Waals surface area (Å²) in [4.78, 5) is 48.0. The minimum atomic E-state index is -0.818. The highest BCUT2D eigenvalue weighted by atomic mass is 32.2. The molecule has 172 valence electrons. The molecule has 1 aromatic heterocycles. The van der Waals surface area contributed by atoms with Gasteiger partial charge in [-0.1, -0.05) is 20.8 Å². The Kier molecular flexibility index (Phi) is 11.1. The van der Waals surface area contributed by atoms with Crippen molar-refractivity contribution >= 4 is 29.8 Å². The van der Waals surface area contributed by atoms with Crippen molar-refractivity contribution in [3.63, 3.8) is 0 Å². The zero-order chi connectivity index (χ0) is 22.9. The van der Waals surface area contributed by atoms with Crippen LogP contribution in [-0.4, -0.2) is 60.6 Å². The third kappa shape index (κ3) is 8.06. The summed E-state index contributed by atoms with van der Waals surface area (Å²) in [6, 6.07) is -0.261. The maximum atomic E-state index is 12.5. The third-order valence-electron chi connectivity index (χ3n) is 4.23. The minimum absolute atomic E-state index is 0.0229. The lowest BCUT2D eigenvalue weighted by molar-refractivity contribution is -0.108. The van der Waals surface area contributed by atoms with Crippen LogP contribution in [-0.2, 0) is 24.4 Å². The predicted molar refractivity (Wildman–Crippen MR) is 124 cm³/mol. The Bertz CT molecular complexity index is 858. The number of rotatable bonds is 13. The fraction of sp³-hybridized carbons (Fsp3) is 0.778. The van der Waals surface area contributed by atoms with Crippen molar-refractivity contribution in [1.29, 1.82) is 0 Å². The normalized spacial score (nSPS) is 13.9. The smallest absolute Gasteiger partial charge is 0.329 e. The van der Waals surface area contributed by atoms with Crippen molar-refractivity contribution in [1.82, 2.24) is 13.7 Å². The highest BCUT2D eigenvalue weighted by molar-refractivity contribution is 8.00. The lowest BCUT2D eigenvalue weighted by Crippen LogP contribution is -2.55. The zero-order valence-corrected chi connectivity index (χ0v) is 19.5. The minimum Gasteiger partial charge on any atom is -0.329 e. The highest BCUT2D eigenvalue weighted by Gasteiger charge is 2.18. The predicted octanol–water partition coefficient (Wildman–Crippen LogP) is -1.36. The van der Waals surface area contributed by atoms with Crippen molar-refractivity contribution in [2.24, 2.45) is 17.2 Å². The Morgan fingerprint density at radius 2 is 1.47 bits per heavy atom. The molecule has 0 aromatic carbocycles. The van der Waals surface area contributed by atoms with E-state index in [4.69, 9.17) is 17.2 Å². The molecule has 0 saturated heterocycles. The summed E-state index contributed by atoms with van der Waals surface area (Å²) in [5.41, 5.74) is 15.5. The Morgan fingerprint density at radius 1 is 0.933 bits per heavy atom. The maximum absolute atomic E-state index is 12.5. The van der Waals surface area contributed by atoms with E-state index in [1.54, 1.807) is 23.5 Å². The summed E-state index contributed by atoms with van der Waals surface area (Å²) in [7, 11) is 0. The van der Waals surface area contributed by atoms with Gasteiger partial charge in [-0.2, -0.15) is 23.5 Å². The number of aromatic nitrogens is 3. The van der Waals surface area contributed by atoms with Gasteiger partial charge in [0.2, 0.25) is 0 Å². The highest BCUT2D eigenvalue weighted by Crippen LogP contribution is 2.24. The molecule has 12 heteroatoms. The molecule has 30 heavy (non-hydrogen) atoms. The molecule has 2 unspecified atom stereocenters. The molecule has 0 aliphatic rings. The van der Waals surface area contributed by atoms with Crippen LogP contribution in [0.5, 0.6) is 0 Å². The molecule has 1 rings (SSSR count). The number of hydrogen-bond donors (Lipinski definition) is 3. The fourth-order valence-corrected chi connectivity index (χ4v) is 4.52. The van der Waals surface area contributed by atoms with Crippen LogP contribution < -0.4 is 34.3 Å². The van der Waals surface area contributed by atoms with E-state index in [1.807, 2.05) is 0 Å². The van der Waals surface area contributed by atoms with Gasteiger partial charge in [-0.05, 0) is 12.2 Å². The van der Waals surface area contributed by atoms with Gasteiger partial charge in [0, 0.05) is 48.0 Å². The first-order chi connectivity index (χ1) is 14.0. The summed E-state index contributed by atoms with van der Waals surface area (Å²) in [6.45, 7) is 6.16. The van der Waals surface area contributed by atoms with Crippen LogP contribution in [0.4, 0.5) is 0 Å². The van der Waals surface area contributed by atoms with Crippen LogP contribution in [0.3, 0.4) is 0 Å². The third-order valence-corrected chi connectivity index (χ3v) is 6.85. The summed E-state index contributed by atoms with van der Waals surface area (Å²) in [5, 5.41) is 0. The first-order valence-electron chi connectivity index (χ1n) is 9.84. The SMILES string of the molecule is CC(C)(C)SCC(N)C(N)CSCCCn1c(=O)n(CC=O)c(=O)n(CCN)c1=O. The van der Waals surface area contributed by atoms with Gasteiger partial charge in [0.05, 0.1) is 6.54 Å². The van der Waals surface area contributed by atoms with Gasteiger partial charge < -0.3 is 22.0 Å². The molecule has 0 aliphatic carbocycles. The van der Waals surface area contributed by atoms with Crippen LogP contribution >= 0.6 is 23.5 Å². The molecule has 6 N–H and O–H groups in total. The summed E-state index contributed by atoms with van der Waals surface area (Å²) in [6.07, 6.45) is 0.975. The lowest BCUT2D eigenvalue weighted by atomic mass is 10.2. The van der Waals surface area contributed by atoms with Crippen molar-refractivity contribution in [2.45, 2.75) is 63.7 Å². The van der Waals surface area contributed by atoms with E-state index in [2.05, 4.69) is 20.8 Å². The molecule has 1 heterocycles. The van der Waals surface area contributed by atoms with E-state index in [0.717, 1.165) is 19.5 Å². The number of nitrogens with zero attached hydrogens (tertiary/aromatic N) is 3. The number of carbonyl (C=O) groups is 1. The molecule has 0 bridgehead atoms. The second-order valence-corrected chi connectivity index (χ2v) is 10.9. The topological polar surface area (TPSA) is 161 Å². The summed E-state index contributed by atoms with van der Waals surface area (Å²) < 4.78 is 2.75. The van der Waals surface area contributed by atoms with E-state index in [0.29, 0.717) is 24.2 Å². The Labute approximate surface area is 184 Å². The summed E-state index contributed by atoms with van der Waals surface area (Å²) in [5.74, 6) is 2.12. The second kappa shape index (κ2) is 12.5. The Balaban J connectivity index is 2.69. The van der Waals surface area contributed by atoms with Gasteiger partial charge >= 0.3 is 17.1 Å². The van der Waals surface area contributed by atoms with Crippen LogP contribution in [0.15, 0.2) is 14.4 Å². The maximum Gasteiger partial charge on any atom is 0.336 e.